The zero-order valence-electron chi connectivity index (χ0n) is 12.1. The maximum absolute atomic E-state index is 9.23. The van der Waals surface area contributed by atoms with Crippen LogP contribution in [-0.4, -0.2) is 23.2 Å². The average Bonchev–Trinajstić information content (AvgIpc) is 2.44. The predicted molar refractivity (Wildman–Crippen MR) is 80.4 cm³/mol. The van der Waals surface area contributed by atoms with E-state index in [9.17, 15) is 5.11 Å². The summed E-state index contributed by atoms with van der Waals surface area (Å²) in [6, 6.07) is 4.07. The van der Waals surface area contributed by atoms with Gasteiger partial charge in [-0.1, -0.05) is 31.5 Å². The van der Waals surface area contributed by atoms with Gasteiger partial charge in [0.2, 0.25) is 0 Å². The molecule has 0 aliphatic rings. The molecular weight excluding hydrogens is 260 g/mol. The van der Waals surface area contributed by atoms with Gasteiger partial charge in [0.15, 0.2) is 0 Å². The number of hydrogen-bond donors (Lipinski definition) is 2. The van der Waals surface area contributed by atoms with E-state index in [1.54, 1.807) is 6.20 Å². The molecule has 0 fully saturated rings. The summed E-state index contributed by atoms with van der Waals surface area (Å²) >= 11 is 6.11. The molecule has 1 atom stereocenters. The Balaban J connectivity index is 2.67. The summed E-state index contributed by atoms with van der Waals surface area (Å²) in [7, 11) is 0. The van der Waals surface area contributed by atoms with Crippen molar-refractivity contribution in [2.75, 3.05) is 13.2 Å². The van der Waals surface area contributed by atoms with Crippen LogP contribution in [0.1, 0.15) is 51.6 Å². The lowest BCUT2D eigenvalue weighted by atomic mass is 9.79. The lowest BCUT2D eigenvalue weighted by Crippen LogP contribution is -2.35. The SMILES string of the molecule is CCC(CC)(CCO)CNC(C)c1cccnc1Cl. The van der Waals surface area contributed by atoms with Crippen LogP contribution in [0, 0.1) is 5.41 Å². The van der Waals surface area contributed by atoms with Crippen molar-refractivity contribution in [3.63, 3.8) is 0 Å². The van der Waals surface area contributed by atoms with Crippen LogP contribution in [0.5, 0.6) is 0 Å². The molecule has 108 valence electrons. The molecule has 1 aromatic heterocycles. The van der Waals surface area contributed by atoms with Gasteiger partial charge in [-0.3, -0.25) is 0 Å². The van der Waals surface area contributed by atoms with E-state index in [-0.39, 0.29) is 18.1 Å². The molecule has 0 spiro atoms. The van der Waals surface area contributed by atoms with Crippen LogP contribution in [0.3, 0.4) is 0 Å². The molecule has 1 rings (SSSR count). The molecule has 19 heavy (non-hydrogen) atoms. The Morgan fingerprint density at radius 2 is 2.11 bits per heavy atom. The quantitative estimate of drug-likeness (QED) is 0.717. The Morgan fingerprint density at radius 1 is 1.42 bits per heavy atom. The van der Waals surface area contributed by atoms with Crippen LogP contribution >= 0.6 is 11.6 Å². The maximum atomic E-state index is 9.23. The lowest BCUT2D eigenvalue weighted by molar-refractivity contribution is 0.160. The van der Waals surface area contributed by atoms with Gasteiger partial charge in [-0.15, -0.1) is 0 Å². The van der Waals surface area contributed by atoms with E-state index in [4.69, 9.17) is 11.6 Å². The first-order valence-electron chi connectivity index (χ1n) is 7.03. The minimum Gasteiger partial charge on any atom is -0.396 e. The third-order valence-corrected chi connectivity index (χ3v) is 4.50. The largest absolute Gasteiger partial charge is 0.396 e. The predicted octanol–water partition coefficient (Wildman–Crippen LogP) is 3.57. The highest BCUT2D eigenvalue weighted by molar-refractivity contribution is 6.30. The molecule has 0 saturated heterocycles. The van der Waals surface area contributed by atoms with Crippen molar-refractivity contribution in [2.24, 2.45) is 5.41 Å². The molecule has 3 nitrogen and oxygen atoms in total. The fourth-order valence-electron chi connectivity index (χ4n) is 2.38. The van der Waals surface area contributed by atoms with Crippen LogP contribution in [-0.2, 0) is 0 Å². The number of halogens is 1. The molecule has 0 amide bonds. The topological polar surface area (TPSA) is 45.1 Å². The van der Waals surface area contributed by atoms with Crippen LogP contribution in [0.2, 0.25) is 5.15 Å². The van der Waals surface area contributed by atoms with Crippen LogP contribution < -0.4 is 5.32 Å². The molecule has 4 heteroatoms. The fourth-order valence-corrected chi connectivity index (χ4v) is 2.66. The van der Waals surface area contributed by atoms with Crippen molar-refractivity contribution in [3.8, 4) is 0 Å². The van der Waals surface area contributed by atoms with Crippen molar-refractivity contribution in [3.05, 3.63) is 29.0 Å². The fraction of sp³-hybridized carbons (Fsp3) is 0.667. The van der Waals surface area contributed by atoms with Gasteiger partial charge in [0.25, 0.3) is 0 Å². The van der Waals surface area contributed by atoms with Crippen LogP contribution in [0.15, 0.2) is 18.3 Å². The van der Waals surface area contributed by atoms with Gasteiger partial charge in [0, 0.05) is 31.0 Å². The summed E-state index contributed by atoms with van der Waals surface area (Å²) in [4.78, 5) is 4.11. The van der Waals surface area contributed by atoms with Gasteiger partial charge in [0.05, 0.1) is 0 Å². The van der Waals surface area contributed by atoms with Gasteiger partial charge in [-0.2, -0.15) is 0 Å². The van der Waals surface area contributed by atoms with Crippen molar-refractivity contribution >= 4 is 11.6 Å². The first-order valence-corrected chi connectivity index (χ1v) is 7.41. The second-order valence-electron chi connectivity index (χ2n) is 5.17. The van der Waals surface area contributed by atoms with Crippen LogP contribution in [0.25, 0.3) is 0 Å². The van der Waals surface area contributed by atoms with Gasteiger partial charge < -0.3 is 10.4 Å². The lowest BCUT2D eigenvalue weighted by Gasteiger charge is -2.33. The maximum Gasteiger partial charge on any atom is 0.133 e. The molecule has 1 aromatic rings. The standard InChI is InChI=1S/C15H25ClN2O/c1-4-15(5-2,8-10-19)11-18-12(3)13-7-6-9-17-14(13)16/h6-7,9,12,18-19H,4-5,8,10-11H2,1-3H3. The Morgan fingerprint density at radius 3 is 2.63 bits per heavy atom. The number of aromatic nitrogens is 1. The normalized spacial score (nSPS) is 13.5. The minimum atomic E-state index is 0.164. The summed E-state index contributed by atoms with van der Waals surface area (Å²) in [5.41, 5.74) is 1.19. The summed E-state index contributed by atoms with van der Waals surface area (Å²) in [6.45, 7) is 7.58. The number of rotatable bonds is 8. The number of nitrogens with one attached hydrogen (secondary N) is 1. The molecule has 2 N–H and O–H groups in total. The van der Waals surface area contributed by atoms with E-state index in [1.807, 2.05) is 12.1 Å². The molecule has 0 radical (unpaired) electrons. The zero-order valence-corrected chi connectivity index (χ0v) is 12.9. The van der Waals surface area contributed by atoms with Crippen LogP contribution in [0.4, 0.5) is 0 Å². The number of pyridine rings is 1. The molecule has 1 unspecified atom stereocenters. The monoisotopic (exact) mass is 284 g/mol. The number of hydrogen-bond acceptors (Lipinski definition) is 3. The summed E-state index contributed by atoms with van der Waals surface area (Å²) in [6.07, 6.45) is 4.66. The van der Waals surface area contributed by atoms with Gasteiger partial charge in [-0.05, 0) is 37.7 Å². The second kappa shape index (κ2) is 7.83. The summed E-state index contributed by atoms with van der Waals surface area (Å²) < 4.78 is 0. The smallest absolute Gasteiger partial charge is 0.133 e. The zero-order chi connectivity index (χ0) is 14.3. The number of aliphatic hydroxyl groups excluding tert-OH is 1. The molecule has 1 heterocycles. The molecule has 0 aliphatic carbocycles. The molecule has 0 aliphatic heterocycles. The van der Waals surface area contributed by atoms with Crippen molar-refractivity contribution in [2.45, 2.75) is 46.1 Å². The third-order valence-electron chi connectivity index (χ3n) is 4.18. The van der Waals surface area contributed by atoms with Gasteiger partial charge >= 0.3 is 0 Å². The summed E-state index contributed by atoms with van der Waals surface area (Å²) in [5, 5.41) is 13.3. The van der Waals surface area contributed by atoms with E-state index in [0.717, 1.165) is 31.4 Å². The minimum absolute atomic E-state index is 0.164. The first kappa shape index (κ1) is 16.4. The Hall–Kier alpha value is -0.640. The Labute approximate surface area is 121 Å². The number of nitrogens with zero attached hydrogens (tertiary/aromatic N) is 1. The van der Waals surface area contributed by atoms with Crippen molar-refractivity contribution in [1.82, 2.24) is 10.3 Å². The highest BCUT2D eigenvalue weighted by atomic mass is 35.5. The third kappa shape index (κ3) is 4.44. The van der Waals surface area contributed by atoms with Gasteiger partial charge in [-0.25, -0.2) is 4.98 Å². The molecular formula is C15H25ClN2O. The summed E-state index contributed by atoms with van der Waals surface area (Å²) in [5.74, 6) is 0. The van der Waals surface area contributed by atoms with E-state index >= 15 is 0 Å². The molecule has 0 aromatic carbocycles. The molecule has 0 saturated carbocycles. The number of aliphatic hydroxyl groups is 1. The van der Waals surface area contributed by atoms with Gasteiger partial charge in [0.1, 0.15) is 5.15 Å². The van der Waals surface area contributed by atoms with E-state index in [1.165, 1.54) is 0 Å². The Kier molecular flexibility index (Phi) is 6.76. The van der Waals surface area contributed by atoms with Crippen molar-refractivity contribution in [1.29, 1.82) is 0 Å². The van der Waals surface area contributed by atoms with Crippen molar-refractivity contribution < 1.29 is 5.11 Å². The average molecular weight is 285 g/mol. The Bertz CT molecular complexity index is 380. The highest BCUT2D eigenvalue weighted by Crippen LogP contribution is 2.30. The highest BCUT2D eigenvalue weighted by Gasteiger charge is 2.26. The van der Waals surface area contributed by atoms with E-state index in [2.05, 4.69) is 31.1 Å². The first-order chi connectivity index (χ1) is 9.08. The molecule has 0 bridgehead atoms. The van der Waals surface area contributed by atoms with E-state index in [0.29, 0.717) is 5.15 Å². The van der Waals surface area contributed by atoms with E-state index < -0.39 is 0 Å². The second-order valence-corrected chi connectivity index (χ2v) is 5.52.